The van der Waals surface area contributed by atoms with Crippen LogP contribution >= 0.6 is 23.2 Å². The van der Waals surface area contributed by atoms with Gasteiger partial charge in [-0.3, -0.25) is 0 Å². The van der Waals surface area contributed by atoms with Gasteiger partial charge in [-0.1, -0.05) is 25.4 Å². The van der Waals surface area contributed by atoms with Gasteiger partial charge in [0.25, 0.3) is 0 Å². The molecule has 1 aromatic heterocycles. The zero-order valence-corrected chi connectivity index (χ0v) is 12.9. The van der Waals surface area contributed by atoms with Gasteiger partial charge in [-0.05, 0) is 24.1 Å². The zero-order valence-electron chi connectivity index (χ0n) is 11.4. The average molecular weight is 301 g/mol. The maximum absolute atomic E-state index is 6.10. The van der Waals surface area contributed by atoms with Crippen LogP contribution in [0.25, 0.3) is 11.0 Å². The third-order valence-electron chi connectivity index (χ3n) is 3.28. The average Bonchev–Trinajstić information content (AvgIpc) is 2.73. The van der Waals surface area contributed by atoms with Crippen molar-refractivity contribution in [3.05, 3.63) is 29.0 Å². The first-order valence-corrected chi connectivity index (χ1v) is 7.21. The molecule has 2 rings (SSSR count). The van der Waals surface area contributed by atoms with Crippen molar-refractivity contribution in [2.75, 3.05) is 13.7 Å². The number of methoxy groups -OCH3 is 1. The molecular formula is C14H18Cl2N2O. The van der Waals surface area contributed by atoms with E-state index >= 15 is 0 Å². The molecule has 1 atom stereocenters. The molecule has 0 fully saturated rings. The lowest BCUT2D eigenvalue weighted by Gasteiger charge is -2.24. The number of imidazole rings is 1. The Kier molecular flexibility index (Phi) is 4.71. The van der Waals surface area contributed by atoms with E-state index < -0.39 is 0 Å². The number of nitrogens with zero attached hydrogens (tertiary/aromatic N) is 2. The summed E-state index contributed by atoms with van der Waals surface area (Å²) < 4.78 is 7.50. The Labute approximate surface area is 123 Å². The predicted octanol–water partition coefficient (Wildman–Crippen LogP) is 4.27. The molecule has 0 aliphatic rings. The Morgan fingerprint density at radius 2 is 2.11 bits per heavy atom. The number of hydrogen-bond acceptors (Lipinski definition) is 2. The quantitative estimate of drug-likeness (QED) is 0.771. The van der Waals surface area contributed by atoms with Crippen molar-refractivity contribution >= 4 is 34.2 Å². The van der Waals surface area contributed by atoms with Crippen molar-refractivity contribution in [3.8, 4) is 0 Å². The van der Waals surface area contributed by atoms with E-state index in [9.17, 15) is 0 Å². The summed E-state index contributed by atoms with van der Waals surface area (Å²) in [5.74, 6) is 1.65. The highest BCUT2D eigenvalue weighted by Gasteiger charge is 2.21. The molecule has 19 heavy (non-hydrogen) atoms. The second kappa shape index (κ2) is 6.12. The van der Waals surface area contributed by atoms with Crippen LogP contribution in [0.15, 0.2) is 18.2 Å². The van der Waals surface area contributed by atoms with Gasteiger partial charge >= 0.3 is 0 Å². The van der Waals surface area contributed by atoms with Crippen molar-refractivity contribution < 1.29 is 4.74 Å². The third-order valence-corrected chi connectivity index (χ3v) is 3.76. The van der Waals surface area contributed by atoms with Gasteiger partial charge in [0, 0.05) is 12.1 Å². The van der Waals surface area contributed by atoms with Crippen molar-refractivity contribution in [2.24, 2.45) is 5.92 Å². The monoisotopic (exact) mass is 300 g/mol. The third kappa shape index (κ3) is 2.88. The lowest BCUT2D eigenvalue weighted by molar-refractivity contribution is 0.134. The number of aromatic nitrogens is 2. The van der Waals surface area contributed by atoms with E-state index in [2.05, 4.69) is 23.4 Å². The fourth-order valence-corrected chi connectivity index (χ4v) is 2.67. The number of alkyl halides is 1. The Balaban J connectivity index is 2.63. The van der Waals surface area contributed by atoms with E-state index in [-0.39, 0.29) is 6.04 Å². The molecule has 0 spiro atoms. The summed E-state index contributed by atoms with van der Waals surface area (Å²) in [6.07, 6.45) is 0. The molecule has 0 N–H and O–H groups in total. The standard InChI is InChI=1S/C14H18Cl2N2O/c1-9(2)13(8-19-3)18-12-6-10(16)4-5-11(12)17-14(18)7-15/h4-6,9,13H,7-8H2,1-3H3. The lowest BCUT2D eigenvalue weighted by atomic mass is 10.0. The highest BCUT2D eigenvalue weighted by Crippen LogP contribution is 2.29. The number of ether oxygens (including phenoxy) is 1. The molecule has 0 radical (unpaired) electrons. The largest absolute Gasteiger partial charge is 0.383 e. The molecule has 2 aromatic rings. The Morgan fingerprint density at radius 3 is 2.68 bits per heavy atom. The molecule has 0 saturated carbocycles. The van der Waals surface area contributed by atoms with Crippen molar-refractivity contribution in [3.63, 3.8) is 0 Å². The van der Waals surface area contributed by atoms with Gasteiger partial charge in [0.15, 0.2) is 0 Å². The molecular weight excluding hydrogens is 283 g/mol. The molecule has 1 unspecified atom stereocenters. The van der Waals surface area contributed by atoms with Crippen LogP contribution in [0.4, 0.5) is 0 Å². The van der Waals surface area contributed by atoms with E-state index in [1.165, 1.54) is 0 Å². The number of rotatable bonds is 5. The number of benzene rings is 1. The first-order valence-electron chi connectivity index (χ1n) is 6.29. The first-order chi connectivity index (χ1) is 9.08. The molecule has 0 amide bonds. The van der Waals surface area contributed by atoms with Crippen LogP contribution in [0, 0.1) is 5.92 Å². The van der Waals surface area contributed by atoms with Crippen LogP contribution in [0.1, 0.15) is 25.7 Å². The molecule has 1 aromatic carbocycles. The Bertz CT molecular complexity index is 566. The Morgan fingerprint density at radius 1 is 1.37 bits per heavy atom. The molecule has 1 heterocycles. The van der Waals surface area contributed by atoms with Crippen LogP contribution < -0.4 is 0 Å². The van der Waals surface area contributed by atoms with E-state index in [1.54, 1.807) is 7.11 Å². The van der Waals surface area contributed by atoms with Crippen LogP contribution in [-0.4, -0.2) is 23.3 Å². The second-order valence-corrected chi connectivity index (χ2v) is 5.64. The minimum atomic E-state index is 0.196. The highest BCUT2D eigenvalue weighted by atomic mass is 35.5. The van der Waals surface area contributed by atoms with Gasteiger partial charge in [0.05, 0.1) is 29.6 Å². The van der Waals surface area contributed by atoms with Gasteiger partial charge in [-0.15, -0.1) is 11.6 Å². The fraction of sp³-hybridized carbons (Fsp3) is 0.500. The van der Waals surface area contributed by atoms with Gasteiger partial charge in [0.2, 0.25) is 0 Å². The second-order valence-electron chi connectivity index (χ2n) is 4.93. The van der Waals surface area contributed by atoms with Gasteiger partial charge in [-0.2, -0.15) is 0 Å². The summed E-state index contributed by atoms with van der Waals surface area (Å²) in [5, 5.41) is 0.703. The summed E-state index contributed by atoms with van der Waals surface area (Å²) in [5.41, 5.74) is 1.93. The molecule has 0 aliphatic carbocycles. The normalized spacial score (nSPS) is 13.4. The smallest absolute Gasteiger partial charge is 0.125 e. The van der Waals surface area contributed by atoms with Gasteiger partial charge in [-0.25, -0.2) is 4.98 Å². The summed E-state index contributed by atoms with van der Waals surface area (Å²) in [6, 6.07) is 5.90. The maximum Gasteiger partial charge on any atom is 0.125 e. The summed E-state index contributed by atoms with van der Waals surface area (Å²) in [7, 11) is 1.71. The maximum atomic E-state index is 6.10. The topological polar surface area (TPSA) is 27.1 Å². The zero-order chi connectivity index (χ0) is 14.0. The summed E-state index contributed by atoms with van der Waals surface area (Å²) in [4.78, 5) is 4.57. The van der Waals surface area contributed by atoms with Crippen LogP contribution in [0.3, 0.4) is 0 Å². The molecule has 5 heteroatoms. The molecule has 104 valence electrons. The molecule has 3 nitrogen and oxygen atoms in total. The van der Waals surface area contributed by atoms with Gasteiger partial charge < -0.3 is 9.30 Å². The minimum Gasteiger partial charge on any atom is -0.383 e. The number of hydrogen-bond donors (Lipinski definition) is 0. The fourth-order valence-electron chi connectivity index (χ4n) is 2.32. The highest BCUT2D eigenvalue weighted by molar-refractivity contribution is 6.31. The number of halogens is 2. The molecule has 0 saturated heterocycles. The number of fused-ring (bicyclic) bond motifs is 1. The van der Waals surface area contributed by atoms with Crippen molar-refractivity contribution in [1.82, 2.24) is 9.55 Å². The van der Waals surface area contributed by atoms with E-state index in [1.807, 2.05) is 18.2 Å². The van der Waals surface area contributed by atoms with E-state index in [4.69, 9.17) is 27.9 Å². The van der Waals surface area contributed by atoms with E-state index in [0.717, 1.165) is 16.9 Å². The summed E-state index contributed by atoms with van der Waals surface area (Å²) in [6.45, 7) is 4.95. The molecule has 0 aliphatic heterocycles. The SMILES string of the molecule is COCC(C(C)C)n1c(CCl)nc2ccc(Cl)cc21. The minimum absolute atomic E-state index is 0.196. The predicted molar refractivity (Wildman–Crippen MR) is 80.1 cm³/mol. The van der Waals surface area contributed by atoms with E-state index in [0.29, 0.717) is 23.4 Å². The van der Waals surface area contributed by atoms with Crippen molar-refractivity contribution in [1.29, 1.82) is 0 Å². The van der Waals surface area contributed by atoms with Crippen LogP contribution in [-0.2, 0) is 10.6 Å². The van der Waals surface area contributed by atoms with Crippen LogP contribution in [0.5, 0.6) is 0 Å². The van der Waals surface area contributed by atoms with Crippen LogP contribution in [0.2, 0.25) is 5.02 Å². The van der Waals surface area contributed by atoms with Crippen molar-refractivity contribution in [2.45, 2.75) is 25.8 Å². The van der Waals surface area contributed by atoms with Gasteiger partial charge in [0.1, 0.15) is 5.82 Å². The molecule has 0 bridgehead atoms. The first kappa shape index (κ1) is 14.6. The Hall–Kier alpha value is -0.770. The summed E-state index contributed by atoms with van der Waals surface area (Å²) >= 11 is 12.1. The lowest BCUT2D eigenvalue weighted by Crippen LogP contribution is -2.22.